The van der Waals surface area contributed by atoms with Crippen molar-refractivity contribution >= 4 is 0 Å². The molecule has 0 spiro atoms. The molecule has 0 radical (unpaired) electrons. The third-order valence-corrected chi connectivity index (χ3v) is 3.66. The van der Waals surface area contributed by atoms with Gasteiger partial charge in [-0.05, 0) is 37.1 Å². The van der Waals surface area contributed by atoms with Gasteiger partial charge in [0.2, 0.25) is 0 Å². The summed E-state index contributed by atoms with van der Waals surface area (Å²) in [7, 11) is 0. The SMILES string of the molecule is OCc1ccc(CN2CCC(C(F)(F)F)CC2)cc1. The number of aliphatic hydroxyl groups excluding tert-OH is 1. The molecule has 2 rings (SSSR count). The van der Waals surface area contributed by atoms with E-state index in [1.807, 2.05) is 24.3 Å². The van der Waals surface area contributed by atoms with E-state index in [0.717, 1.165) is 11.1 Å². The van der Waals surface area contributed by atoms with Crippen LogP contribution in [0.15, 0.2) is 24.3 Å². The Hall–Kier alpha value is -1.07. The molecule has 1 N–H and O–H groups in total. The lowest BCUT2D eigenvalue weighted by Crippen LogP contribution is -2.38. The lowest BCUT2D eigenvalue weighted by molar-refractivity contribution is -0.185. The van der Waals surface area contributed by atoms with Crippen LogP contribution in [0.1, 0.15) is 24.0 Å². The summed E-state index contributed by atoms with van der Waals surface area (Å²) in [5.74, 6) is -1.14. The van der Waals surface area contributed by atoms with Crippen molar-refractivity contribution in [2.45, 2.75) is 32.2 Å². The molecule has 1 saturated heterocycles. The normalized spacial score (nSPS) is 18.7. The van der Waals surface area contributed by atoms with E-state index in [4.69, 9.17) is 5.11 Å². The van der Waals surface area contributed by atoms with Crippen molar-refractivity contribution in [2.24, 2.45) is 5.92 Å². The van der Waals surface area contributed by atoms with E-state index in [2.05, 4.69) is 4.90 Å². The van der Waals surface area contributed by atoms with Gasteiger partial charge >= 0.3 is 6.18 Å². The minimum Gasteiger partial charge on any atom is -0.392 e. The predicted octanol–water partition coefficient (Wildman–Crippen LogP) is 2.95. The number of hydrogen-bond acceptors (Lipinski definition) is 2. The van der Waals surface area contributed by atoms with Crippen molar-refractivity contribution in [3.8, 4) is 0 Å². The molecule has 1 aliphatic heterocycles. The second-order valence-corrected chi connectivity index (χ2v) is 5.07. The van der Waals surface area contributed by atoms with Gasteiger partial charge in [0, 0.05) is 6.54 Å². The number of benzene rings is 1. The topological polar surface area (TPSA) is 23.5 Å². The van der Waals surface area contributed by atoms with Crippen LogP contribution >= 0.6 is 0 Å². The van der Waals surface area contributed by atoms with Gasteiger partial charge in [-0.1, -0.05) is 24.3 Å². The Balaban J connectivity index is 1.85. The number of rotatable bonds is 3. The second kappa shape index (κ2) is 5.92. The lowest BCUT2D eigenvalue weighted by Gasteiger charge is -2.32. The fraction of sp³-hybridized carbons (Fsp3) is 0.571. The van der Waals surface area contributed by atoms with Crippen LogP contribution in [0.2, 0.25) is 0 Å². The van der Waals surface area contributed by atoms with E-state index in [1.54, 1.807) is 0 Å². The highest BCUT2D eigenvalue weighted by molar-refractivity contribution is 5.21. The molecular formula is C14H18F3NO. The summed E-state index contributed by atoms with van der Waals surface area (Å²) in [6.07, 6.45) is -3.66. The molecule has 0 unspecified atom stereocenters. The molecule has 19 heavy (non-hydrogen) atoms. The standard InChI is InChI=1S/C14H18F3NO/c15-14(16,17)13-5-7-18(8-6-13)9-11-1-3-12(10-19)4-2-11/h1-4,13,19H,5-10H2. The Morgan fingerprint density at radius 3 is 2.05 bits per heavy atom. The van der Waals surface area contributed by atoms with Crippen LogP contribution < -0.4 is 0 Å². The molecule has 0 aromatic heterocycles. The maximum Gasteiger partial charge on any atom is 0.391 e. The third kappa shape index (κ3) is 3.94. The molecule has 1 aliphatic rings. The van der Waals surface area contributed by atoms with E-state index < -0.39 is 12.1 Å². The summed E-state index contributed by atoms with van der Waals surface area (Å²) < 4.78 is 37.6. The zero-order valence-corrected chi connectivity index (χ0v) is 10.7. The number of piperidine rings is 1. The van der Waals surface area contributed by atoms with Gasteiger partial charge in [-0.25, -0.2) is 0 Å². The van der Waals surface area contributed by atoms with E-state index in [1.165, 1.54) is 0 Å². The molecule has 2 nitrogen and oxygen atoms in total. The van der Waals surface area contributed by atoms with Gasteiger partial charge in [-0.2, -0.15) is 13.2 Å². The second-order valence-electron chi connectivity index (χ2n) is 5.07. The summed E-state index contributed by atoms with van der Waals surface area (Å²) >= 11 is 0. The molecule has 0 atom stereocenters. The Kier molecular flexibility index (Phi) is 4.47. The quantitative estimate of drug-likeness (QED) is 0.915. The molecule has 0 aliphatic carbocycles. The van der Waals surface area contributed by atoms with E-state index in [0.29, 0.717) is 19.6 Å². The number of likely N-dealkylation sites (tertiary alicyclic amines) is 1. The van der Waals surface area contributed by atoms with Crippen LogP contribution in [0.5, 0.6) is 0 Å². The predicted molar refractivity (Wildman–Crippen MR) is 66.4 cm³/mol. The number of alkyl halides is 3. The van der Waals surface area contributed by atoms with Crippen molar-refractivity contribution in [1.29, 1.82) is 0 Å². The molecule has 106 valence electrons. The Morgan fingerprint density at radius 2 is 1.58 bits per heavy atom. The monoisotopic (exact) mass is 273 g/mol. The maximum atomic E-state index is 12.5. The van der Waals surface area contributed by atoms with Crippen LogP contribution in [-0.4, -0.2) is 29.3 Å². The number of aliphatic hydroxyl groups is 1. The van der Waals surface area contributed by atoms with Crippen molar-refractivity contribution in [3.63, 3.8) is 0 Å². The van der Waals surface area contributed by atoms with E-state index in [-0.39, 0.29) is 19.4 Å². The van der Waals surface area contributed by atoms with Gasteiger partial charge in [0.25, 0.3) is 0 Å². The van der Waals surface area contributed by atoms with Crippen molar-refractivity contribution in [2.75, 3.05) is 13.1 Å². The first-order valence-corrected chi connectivity index (χ1v) is 6.47. The first-order valence-electron chi connectivity index (χ1n) is 6.47. The highest BCUT2D eigenvalue weighted by atomic mass is 19.4. The highest BCUT2D eigenvalue weighted by Crippen LogP contribution is 2.34. The van der Waals surface area contributed by atoms with Gasteiger partial charge in [0.1, 0.15) is 0 Å². The zero-order valence-electron chi connectivity index (χ0n) is 10.7. The fourth-order valence-corrected chi connectivity index (χ4v) is 2.43. The van der Waals surface area contributed by atoms with Crippen molar-refractivity contribution in [1.82, 2.24) is 4.90 Å². The van der Waals surface area contributed by atoms with Crippen LogP contribution in [0, 0.1) is 5.92 Å². The number of nitrogens with zero attached hydrogens (tertiary/aromatic N) is 1. The van der Waals surface area contributed by atoms with Crippen LogP contribution in [0.25, 0.3) is 0 Å². The molecule has 0 amide bonds. The summed E-state index contributed by atoms with van der Waals surface area (Å²) in [4.78, 5) is 2.05. The molecule has 1 fully saturated rings. The molecule has 0 bridgehead atoms. The molecule has 1 heterocycles. The van der Waals surface area contributed by atoms with Gasteiger partial charge in [0.15, 0.2) is 0 Å². The number of hydrogen-bond donors (Lipinski definition) is 1. The minimum absolute atomic E-state index is 0.0112. The average Bonchev–Trinajstić information content (AvgIpc) is 2.39. The molecule has 0 saturated carbocycles. The summed E-state index contributed by atoms with van der Waals surface area (Å²) in [5.41, 5.74) is 1.92. The Morgan fingerprint density at radius 1 is 1.05 bits per heavy atom. The first kappa shape index (κ1) is 14.3. The molecular weight excluding hydrogens is 255 g/mol. The van der Waals surface area contributed by atoms with Gasteiger partial charge < -0.3 is 5.11 Å². The maximum absolute atomic E-state index is 12.5. The van der Waals surface area contributed by atoms with E-state index >= 15 is 0 Å². The molecule has 1 aromatic rings. The van der Waals surface area contributed by atoms with Gasteiger partial charge in [-0.3, -0.25) is 4.90 Å². The fourth-order valence-electron chi connectivity index (χ4n) is 2.43. The third-order valence-electron chi connectivity index (χ3n) is 3.66. The van der Waals surface area contributed by atoms with Crippen LogP contribution in [0.4, 0.5) is 13.2 Å². The highest BCUT2D eigenvalue weighted by Gasteiger charge is 2.40. The molecule has 5 heteroatoms. The summed E-state index contributed by atoms with van der Waals surface area (Å²) in [6, 6.07) is 7.53. The van der Waals surface area contributed by atoms with Gasteiger partial charge in [0.05, 0.1) is 12.5 Å². The smallest absolute Gasteiger partial charge is 0.391 e. The van der Waals surface area contributed by atoms with Gasteiger partial charge in [-0.15, -0.1) is 0 Å². The Labute approximate surface area is 110 Å². The zero-order chi connectivity index (χ0) is 13.9. The van der Waals surface area contributed by atoms with Crippen LogP contribution in [-0.2, 0) is 13.2 Å². The Bertz CT molecular complexity index is 394. The lowest BCUT2D eigenvalue weighted by atomic mass is 9.96. The van der Waals surface area contributed by atoms with E-state index in [9.17, 15) is 13.2 Å². The average molecular weight is 273 g/mol. The largest absolute Gasteiger partial charge is 0.392 e. The minimum atomic E-state index is -4.05. The van der Waals surface area contributed by atoms with Crippen molar-refractivity contribution in [3.05, 3.63) is 35.4 Å². The van der Waals surface area contributed by atoms with Crippen LogP contribution in [0.3, 0.4) is 0 Å². The first-order chi connectivity index (χ1) is 8.99. The summed E-state index contributed by atoms with van der Waals surface area (Å²) in [6.45, 7) is 1.67. The summed E-state index contributed by atoms with van der Waals surface area (Å²) in [5, 5.41) is 8.94. The van der Waals surface area contributed by atoms with Crippen molar-refractivity contribution < 1.29 is 18.3 Å². The number of halogens is 3. The molecule has 1 aromatic carbocycles.